The molecule has 1 fully saturated rings. The van der Waals surface area contributed by atoms with Gasteiger partial charge in [0, 0.05) is 44.8 Å². The summed E-state index contributed by atoms with van der Waals surface area (Å²) in [6.07, 6.45) is -5.41. The highest BCUT2D eigenvalue weighted by Crippen LogP contribution is 2.32. The molecule has 3 aromatic rings. The van der Waals surface area contributed by atoms with Crippen molar-refractivity contribution in [2.24, 2.45) is 0 Å². The van der Waals surface area contributed by atoms with Crippen LogP contribution in [0.5, 0.6) is 5.75 Å². The molecule has 0 bridgehead atoms. The van der Waals surface area contributed by atoms with E-state index in [0.717, 1.165) is 26.5 Å². The largest absolute Gasteiger partial charge is 0.463 e. The number of aromatic nitrogens is 1. The quantitative estimate of drug-likeness (QED) is 0.278. The average molecular weight is 590 g/mol. The molecule has 0 N–H and O–H groups in total. The Bertz CT molecular complexity index is 1530. The smallest absolute Gasteiger partial charge is 0.303 e. The molecule has 13 nitrogen and oxygen atoms in total. The van der Waals surface area contributed by atoms with Crippen molar-refractivity contribution < 1.29 is 52.0 Å². The van der Waals surface area contributed by atoms with Gasteiger partial charge in [0.25, 0.3) is 0 Å². The SMILES string of the molecule is CC(=O)OCC1OC(Oc2ccc3c(=O)c(-c4nc(C)cs4)coc3c2)C(OC(C)=O)C(OC(C)=O)C1OC(C)=O. The second-order valence-corrected chi connectivity index (χ2v) is 9.97. The van der Waals surface area contributed by atoms with Crippen molar-refractivity contribution in [3.05, 3.63) is 45.8 Å². The third-order valence-corrected chi connectivity index (χ3v) is 6.79. The molecule has 1 aromatic carbocycles. The van der Waals surface area contributed by atoms with Crippen molar-refractivity contribution in [1.29, 1.82) is 0 Å². The molecule has 0 aliphatic carbocycles. The second-order valence-electron chi connectivity index (χ2n) is 9.12. The van der Waals surface area contributed by atoms with Gasteiger partial charge in [0.2, 0.25) is 17.8 Å². The van der Waals surface area contributed by atoms with Gasteiger partial charge in [0.1, 0.15) is 35.3 Å². The van der Waals surface area contributed by atoms with E-state index in [2.05, 4.69) is 4.98 Å². The lowest BCUT2D eigenvalue weighted by Gasteiger charge is -2.43. The van der Waals surface area contributed by atoms with Crippen molar-refractivity contribution in [3.63, 3.8) is 0 Å². The minimum atomic E-state index is -1.43. The molecule has 5 unspecified atom stereocenters. The molecular weight excluding hydrogens is 562 g/mol. The molecular formula is C27H27NO12S. The Balaban J connectivity index is 1.70. The van der Waals surface area contributed by atoms with Crippen LogP contribution in [-0.4, -0.2) is 66.2 Å². The zero-order chi connectivity index (χ0) is 29.8. The third-order valence-electron chi connectivity index (χ3n) is 5.80. The first-order chi connectivity index (χ1) is 19.4. The highest BCUT2D eigenvalue weighted by atomic mass is 32.1. The number of fused-ring (bicyclic) bond motifs is 1. The number of ether oxygens (including phenoxy) is 6. The van der Waals surface area contributed by atoms with Crippen LogP contribution in [0.3, 0.4) is 0 Å². The van der Waals surface area contributed by atoms with E-state index in [0.29, 0.717) is 10.6 Å². The number of esters is 4. The van der Waals surface area contributed by atoms with Crippen LogP contribution in [0.25, 0.3) is 21.5 Å². The molecule has 1 aliphatic heterocycles. The number of hydrogen-bond donors (Lipinski definition) is 0. The van der Waals surface area contributed by atoms with Gasteiger partial charge >= 0.3 is 23.9 Å². The summed E-state index contributed by atoms with van der Waals surface area (Å²) in [6, 6.07) is 4.40. The van der Waals surface area contributed by atoms with Crippen LogP contribution in [-0.2, 0) is 42.9 Å². The summed E-state index contributed by atoms with van der Waals surface area (Å²) >= 11 is 1.32. The molecule has 14 heteroatoms. The first kappa shape index (κ1) is 29.7. The maximum absolute atomic E-state index is 13.1. The van der Waals surface area contributed by atoms with Crippen LogP contribution in [0, 0.1) is 6.92 Å². The molecule has 4 rings (SSSR count). The van der Waals surface area contributed by atoms with Gasteiger partial charge in [0.15, 0.2) is 12.2 Å². The lowest BCUT2D eigenvalue weighted by Crippen LogP contribution is -2.63. The summed E-state index contributed by atoms with van der Waals surface area (Å²) in [7, 11) is 0. The molecule has 2 aromatic heterocycles. The first-order valence-electron chi connectivity index (χ1n) is 12.4. The molecule has 0 amide bonds. The van der Waals surface area contributed by atoms with Crippen molar-refractivity contribution in [3.8, 4) is 16.3 Å². The minimum Gasteiger partial charge on any atom is -0.463 e. The van der Waals surface area contributed by atoms with Crippen LogP contribution in [0.1, 0.15) is 33.4 Å². The highest BCUT2D eigenvalue weighted by Gasteiger charge is 2.53. The Morgan fingerprint density at radius 1 is 0.927 bits per heavy atom. The summed E-state index contributed by atoms with van der Waals surface area (Å²) in [5.41, 5.74) is 0.983. The van der Waals surface area contributed by atoms with Crippen LogP contribution >= 0.6 is 11.3 Å². The Kier molecular flexibility index (Phi) is 9.03. The van der Waals surface area contributed by atoms with Crippen molar-refractivity contribution in [2.75, 3.05) is 6.61 Å². The fourth-order valence-corrected chi connectivity index (χ4v) is 5.02. The Labute approximate surface area is 237 Å². The Hall–Kier alpha value is -4.30. The summed E-state index contributed by atoms with van der Waals surface area (Å²) in [6.45, 7) is 5.96. The molecule has 1 aliphatic rings. The number of aryl methyl sites for hydroxylation is 1. The molecule has 0 radical (unpaired) electrons. The first-order valence-corrected chi connectivity index (χ1v) is 13.3. The topological polar surface area (TPSA) is 167 Å². The van der Waals surface area contributed by atoms with Crippen LogP contribution in [0.2, 0.25) is 0 Å². The van der Waals surface area contributed by atoms with Gasteiger partial charge in [0.05, 0.1) is 10.9 Å². The summed E-state index contributed by atoms with van der Waals surface area (Å²) in [5, 5.41) is 2.61. The number of carbonyl (C=O) groups is 4. The fourth-order valence-electron chi connectivity index (χ4n) is 4.22. The van der Waals surface area contributed by atoms with Gasteiger partial charge in [-0.2, -0.15) is 0 Å². The third kappa shape index (κ3) is 7.08. The summed E-state index contributed by atoms with van der Waals surface area (Å²) < 4.78 is 38.9. The zero-order valence-corrected chi connectivity index (χ0v) is 23.6. The standard InChI is InChI=1S/C27H27NO12S/c1-12-11-41-26(28-12)19-9-35-20-8-17(6-7-18(20)22(19)33)39-27-25(38-16(5)32)24(37-15(4)31)23(36-14(3)30)21(40-27)10-34-13(2)29/h6-9,11,21,23-25,27H,10H2,1-5H3. The lowest BCUT2D eigenvalue weighted by atomic mass is 9.98. The predicted octanol–water partition coefficient (Wildman–Crippen LogP) is 2.69. The maximum atomic E-state index is 13.1. The number of thiazole rings is 1. The Morgan fingerprint density at radius 2 is 1.59 bits per heavy atom. The van der Waals surface area contributed by atoms with Gasteiger partial charge in [-0.25, -0.2) is 4.98 Å². The van der Waals surface area contributed by atoms with Crippen LogP contribution < -0.4 is 10.2 Å². The summed E-state index contributed by atoms with van der Waals surface area (Å²) in [4.78, 5) is 64.9. The number of hydrogen-bond acceptors (Lipinski definition) is 14. The van der Waals surface area contributed by atoms with Crippen molar-refractivity contribution in [1.82, 2.24) is 4.98 Å². The summed E-state index contributed by atoms with van der Waals surface area (Å²) in [5.74, 6) is -2.79. The van der Waals surface area contributed by atoms with E-state index in [1.165, 1.54) is 42.7 Å². The molecule has 41 heavy (non-hydrogen) atoms. The number of rotatable bonds is 8. The number of nitrogens with zero attached hydrogens (tertiary/aromatic N) is 1. The Morgan fingerprint density at radius 3 is 2.20 bits per heavy atom. The van der Waals surface area contributed by atoms with Crippen LogP contribution in [0.15, 0.2) is 39.1 Å². The van der Waals surface area contributed by atoms with Gasteiger partial charge in [-0.3, -0.25) is 24.0 Å². The highest BCUT2D eigenvalue weighted by molar-refractivity contribution is 7.13. The molecule has 0 spiro atoms. The van der Waals surface area contributed by atoms with Gasteiger partial charge in [-0.1, -0.05) is 0 Å². The molecule has 0 saturated carbocycles. The maximum Gasteiger partial charge on any atom is 0.303 e. The van der Waals surface area contributed by atoms with E-state index in [4.69, 9.17) is 32.8 Å². The predicted molar refractivity (Wildman–Crippen MR) is 141 cm³/mol. The van der Waals surface area contributed by atoms with E-state index in [-0.39, 0.29) is 22.1 Å². The molecule has 3 heterocycles. The van der Waals surface area contributed by atoms with E-state index < -0.39 is 61.2 Å². The van der Waals surface area contributed by atoms with Crippen LogP contribution in [0.4, 0.5) is 0 Å². The number of benzene rings is 1. The monoisotopic (exact) mass is 589 g/mol. The average Bonchev–Trinajstić information content (AvgIpc) is 3.31. The number of carbonyl (C=O) groups excluding carboxylic acids is 4. The van der Waals surface area contributed by atoms with E-state index in [9.17, 15) is 24.0 Å². The molecule has 218 valence electrons. The minimum absolute atomic E-state index is 0.138. The molecule has 5 atom stereocenters. The van der Waals surface area contributed by atoms with Crippen molar-refractivity contribution >= 4 is 46.2 Å². The normalized spacial score (nSPS) is 22.0. The fraction of sp³-hybridized carbons (Fsp3) is 0.407. The van der Waals surface area contributed by atoms with Gasteiger partial charge in [-0.05, 0) is 19.1 Å². The lowest BCUT2D eigenvalue weighted by molar-refractivity contribution is -0.288. The van der Waals surface area contributed by atoms with Gasteiger partial charge in [-0.15, -0.1) is 11.3 Å². The second kappa shape index (κ2) is 12.5. The van der Waals surface area contributed by atoms with E-state index in [1.807, 2.05) is 12.3 Å². The van der Waals surface area contributed by atoms with E-state index >= 15 is 0 Å². The molecule has 1 saturated heterocycles. The zero-order valence-electron chi connectivity index (χ0n) is 22.7. The van der Waals surface area contributed by atoms with Crippen molar-refractivity contribution in [2.45, 2.75) is 65.3 Å². The van der Waals surface area contributed by atoms with Gasteiger partial charge < -0.3 is 32.8 Å². The van der Waals surface area contributed by atoms with E-state index in [1.54, 1.807) is 0 Å².